The Morgan fingerprint density at radius 3 is 2.79 bits per heavy atom. The van der Waals surface area contributed by atoms with Crippen molar-refractivity contribution in [1.82, 2.24) is 24.9 Å². The van der Waals surface area contributed by atoms with Crippen LogP contribution in [0.1, 0.15) is 16.1 Å². The standard InChI is InChI=1S/C19H18N6O3/c1-27-13-6-4-12(5-7-13)8-9-21-18(26)14-11-16-23-17(15-3-2-10-28-15)24-25(16)19(20)22-14/h2-7,10-11H,8-9H2,1H3,(H2,20,22)(H,21,26). The summed E-state index contributed by atoms with van der Waals surface area (Å²) in [6.07, 6.45) is 2.21. The smallest absolute Gasteiger partial charge is 0.270 e. The molecule has 0 bridgehead atoms. The van der Waals surface area contributed by atoms with Crippen molar-refractivity contribution < 1.29 is 13.9 Å². The number of hydrogen-bond donors (Lipinski definition) is 2. The van der Waals surface area contributed by atoms with Crippen LogP contribution < -0.4 is 15.8 Å². The van der Waals surface area contributed by atoms with Gasteiger partial charge in [-0.05, 0) is 36.2 Å². The highest BCUT2D eigenvalue weighted by molar-refractivity contribution is 5.93. The molecule has 9 nitrogen and oxygen atoms in total. The molecule has 3 heterocycles. The highest BCUT2D eigenvalue weighted by Gasteiger charge is 2.15. The fourth-order valence-corrected chi connectivity index (χ4v) is 2.74. The second kappa shape index (κ2) is 7.39. The van der Waals surface area contributed by atoms with E-state index < -0.39 is 0 Å². The summed E-state index contributed by atoms with van der Waals surface area (Å²) in [4.78, 5) is 20.9. The molecule has 4 rings (SSSR count). The van der Waals surface area contributed by atoms with Crippen molar-refractivity contribution in [3.8, 4) is 17.3 Å². The molecule has 0 atom stereocenters. The zero-order valence-electron chi connectivity index (χ0n) is 15.1. The Balaban J connectivity index is 1.46. The average Bonchev–Trinajstić information content (AvgIpc) is 3.38. The van der Waals surface area contributed by atoms with E-state index in [0.29, 0.717) is 30.2 Å². The van der Waals surface area contributed by atoms with Crippen LogP contribution in [0.3, 0.4) is 0 Å². The van der Waals surface area contributed by atoms with Gasteiger partial charge in [0.2, 0.25) is 11.8 Å². The number of benzene rings is 1. The van der Waals surface area contributed by atoms with Crippen LogP contribution in [0.15, 0.2) is 53.1 Å². The maximum atomic E-state index is 12.4. The van der Waals surface area contributed by atoms with E-state index in [-0.39, 0.29) is 17.5 Å². The maximum absolute atomic E-state index is 12.4. The molecule has 4 aromatic rings. The molecule has 142 valence electrons. The number of nitrogens with two attached hydrogens (primary N) is 1. The van der Waals surface area contributed by atoms with E-state index in [0.717, 1.165) is 11.3 Å². The molecule has 0 fully saturated rings. The van der Waals surface area contributed by atoms with E-state index >= 15 is 0 Å². The molecule has 9 heteroatoms. The van der Waals surface area contributed by atoms with Crippen LogP contribution >= 0.6 is 0 Å². The minimum atomic E-state index is -0.328. The van der Waals surface area contributed by atoms with Gasteiger partial charge in [0.1, 0.15) is 11.4 Å². The number of nitrogen functional groups attached to an aromatic ring is 1. The minimum Gasteiger partial charge on any atom is -0.497 e. The summed E-state index contributed by atoms with van der Waals surface area (Å²) in [6.45, 7) is 0.461. The number of furan rings is 1. The van der Waals surface area contributed by atoms with Gasteiger partial charge >= 0.3 is 0 Å². The summed E-state index contributed by atoms with van der Waals surface area (Å²) in [5, 5.41) is 7.09. The first kappa shape index (κ1) is 17.5. The van der Waals surface area contributed by atoms with Crippen LogP contribution in [0.5, 0.6) is 5.75 Å². The summed E-state index contributed by atoms with van der Waals surface area (Å²) < 4.78 is 11.8. The third-order valence-electron chi connectivity index (χ3n) is 4.18. The quantitative estimate of drug-likeness (QED) is 0.526. The number of hydrogen-bond acceptors (Lipinski definition) is 7. The van der Waals surface area contributed by atoms with E-state index in [1.54, 1.807) is 25.3 Å². The van der Waals surface area contributed by atoms with Crippen molar-refractivity contribution in [3.05, 3.63) is 60.0 Å². The lowest BCUT2D eigenvalue weighted by Crippen LogP contribution is -2.27. The Morgan fingerprint density at radius 2 is 2.07 bits per heavy atom. The number of carbonyl (C=O) groups excluding carboxylic acids is 1. The summed E-state index contributed by atoms with van der Waals surface area (Å²) in [5.74, 6) is 1.42. The van der Waals surface area contributed by atoms with Gasteiger partial charge in [-0.2, -0.15) is 4.52 Å². The number of nitrogens with one attached hydrogen (secondary N) is 1. The normalized spacial score (nSPS) is 10.9. The molecule has 0 aliphatic heterocycles. The predicted molar refractivity (Wildman–Crippen MR) is 102 cm³/mol. The lowest BCUT2D eigenvalue weighted by molar-refractivity contribution is 0.0949. The Hall–Kier alpha value is -3.88. The largest absolute Gasteiger partial charge is 0.497 e. The number of ether oxygens (including phenoxy) is 1. The molecule has 0 aliphatic rings. The van der Waals surface area contributed by atoms with Crippen LogP contribution in [-0.2, 0) is 6.42 Å². The summed E-state index contributed by atoms with van der Waals surface area (Å²) in [5.41, 5.74) is 7.62. The topological polar surface area (TPSA) is 121 Å². The van der Waals surface area contributed by atoms with Crippen LogP contribution in [0.25, 0.3) is 17.2 Å². The van der Waals surface area contributed by atoms with Crippen molar-refractivity contribution in [3.63, 3.8) is 0 Å². The molecule has 3 aromatic heterocycles. The minimum absolute atomic E-state index is 0.0723. The molecule has 0 saturated heterocycles. The van der Waals surface area contributed by atoms with Crippen LogP contribution in [0.4, 0.5) is 5.95 Å². The number of methoxy groups -OCH3 is 1. The van der Waals surface area contributed by atoms with Crippen LogP contribution in [0, 0.1) is 0 Å². The molecule has 28 heavy (non-hydrogen) atoms. The molecule has 1 aromatic carbocycles. The van der Waals surface area contributed by atoms with Gasteiger partial charge in [0.15, 0.2) is 11.4 Å². The Kier molecular flexibility index (Phi) is 4.63. The molecule has 1 amide bonds. The molecule has 0 saturated carbocycles. The Bertz CT molecular complexity index is 1100. The van der Waals surface area contributed by atoms with Crippen LogP contribution in [0.2, 0.25) is 0 Å². The first-order valence-electron chi connectivity index (χ1n) is 8.62. The number of amides is 1. The van der Waals surface area contributed by atoms with Crippen LogP contribution in [-0.4, -0.2) is 39.1 Å². The molecule has 0 unspecified atom stereocenters. The molecule has 0 radical (unpaired) electrons. The van der Waals surface area contributed by atoms with Gasteiger partial charge in [-0.3, -0.25) is 4.79 Å². The maximum Gasteiger partial charge on any atom is 0.270 e. The first-order chi connectivity index (χ1) is 13.6. The lowest BCUT2D eigenvalue weighted by atomic mass is 10.1. The molecule has 3 N–H and O–H groups in total. The van der Waals surface area contributed by atoms with Crippen molar-refractivity contribution in [2.75, 3.05) is 19.4 Å². The summed E-state index contributed by atoms with van der Waals surface area (Å²) >= 11 is 0. The van der Waals surface area contributed by atoms with Gasteiger partial charge in [0.25, 0.3) is 5.91 Å². The number of fused-ring (bicyclic) bond motifs is 1. The van der Waals surface area contributed by atoms with Gasteiger partial charge in [-0.1, -0.05) is 12.1 Å². The highest BCUT2D eigenvalue weighted by atomic mass is 16.5. The predicted octanol–water partition coefficient (Wildman–Crippen LogP) is 1.95. The fourth-order valence-electron chi connectivity index (χ4n) is 2.74. The van der Waals surface area contributed by atoms with Gasteiger partial charge in [-0.25, -0.2) is 9.97 Å². The first-order valence-corrected chi connectivity index (χ1v) is 8.62. The van der Waals surface area contributed by atoms with Crippen molar-refractivity contribution in [2.24, 2.45) is 0 Å². The second-order valence-corrected chi connectivity index (χ2v) is 6.04. The molecular weight excluding hydrogens is 360 g/mol. The third-order valence-corrected chi connectivity index (χ3v) is 4.18. The second-order valence-electron chi connectivity index (χ2n) is 6.04. The Labute approximate surface area is 160 Å². The lowest BCUT2D eigenvalue weighted by Gasteiger charge is -2.07. The van der Waals surface area contributed by atoms with Gasteiger partial charge in [0.05, 0.1) is 13.4 Å². The zero-order chi connectivity index (χ0) is 19.5. The zero-order valence-corrected chi connectivity index (χ0v) is 15.1. The van der Waals surface area contributed by atoms with Crippen molar-refractivity contribution in [1.29, 1.82) is 0 Å². The van der Waals surface area contributed by atoms with Gasteiger partial charge < -0.3 is 20.2 Å². The van der Waals surface area contributed by atoms with Crippen molar-refractivity contribution >= 4 is 17.5 Å². The van der Waals surface area contributed by atoms with Crippen molar-refractivity contribution in [2.45, 2.75) is 6.42 Å². The number of nitrogens with zero attached hydrogens (tertiary/aromatic N) is 4. The number of aromatic nitrogens is 4. The van der Waals surface area contributed by atoms with E-state index in [1.807, 2.05) is 24.3 Å². The van der Waals surface area contributed by atoms with Gasteiger partial charge in [0, 0.05) is 12.6 Å². The Morgan fingerprint density at radius 1 is 1.25 bits per heavy atom. The summed E-state index contributed by atoms with van der Waals surface area (Å²) in [6, 6.07) is 12.7. The number of carbonyl (C=O) groups is 1. The molecule has 0 spiro atoms. The monoisotopic (exact) mass is 378 g/mol. The van der Waals surface area contributed by atoms with E-state index in [1.165, 1.54) is 10.8 Å². The van der Waals surface area contributed by atoms with E-state index in [9.17, 15) is 4.79 Å². The number of rotatable bonds is 6. The van der Waals surface area contributed by atoms with E-state index in [4.69, 9.17) is 14.9 Å². The number of anilines is 1. The fraction of sp³-hybridized carbons (Fsp3) is 0.158. The average molecular weight is 378 g/mol. The third kappa shape index (κ3) is 3.50. The molecular formula is C19H18N6O3. The van der Waals surface area contributed by atoms with Gasteiger partial charge in [-0.15, -0.1) is 5.10 Å². The highest BCUT2D eigenvalue weighted by Crippen LogP contribution is 2.18. The SMILES string of the molecule is COc1ccc(CCNC(=O)c2cc3nc(-c4ccco4)nn3c(N)n2)cc1. The summed E-state index contributed by atoms with van der Waals surface area (Å²) in [7, 11) is 1.62. The molecule has 0 aliphatic carbocycles. The van der Waals surface area contributed by atoms with E-state index in [2.05, 4.69) is 20.4 Å².